The van der Waals surface area contributed by atoms with Crippen LogP contribution in [0.1, 0.15) is 38.7 Å². The van der Waals surface area contributed by atoms with E-state index in [1.54, 1.807) is 28.6 Å². The molecule has 1 saturated heterocycles. The van der Waals surface area contributed by atoms with E-state index in [0.717, 1.165) is 31.4 Å². The molecule has 2 N–H and O–H groups in total. The molecule has 0 saturated carbocycles. The number of sulfonamides is 1. The molecule has 1 atom stereocenters. The molecule has 7 heteroatoms. The van der Waals surface area contributed by atoms with E-state index in [4.69, 9.17) is 0 Å². The molecule has 1 heterocycles. The van der Waals surface area contributed by atoms with Crippen molar-refractivity contribution in [2.75, 3.05) is 26.2 Å². The van der Waals surface area contributed by atoms with Crippen LogP contribution in [-0.4, -0.2) is 50.9 Å². The first-order valence-electron chi connectivity index (χ1n) is 9.02. The minimum Gasteiger partial charge on any atom is -0.354 e. The fourth-order valence-corrected chi connectivity index (χ4v) is 4.49. The van der Waals surface area contributed by atoms with Gasteiger partial charge in [-0.2, -0.15) is 4.31 Å². The first-order chi connectivity index (χ1) is 11.9. The van der Waals surface area contributed by atoms with Crippen LogP contribution < -0.4 is 10.6 Å². The van der Waals surface area contributed by atoms with Gasteiger partial charge in [-0.25, -0.2) is 8.42 Å². The van der Waals surface area contributed by atoms with Gasteiger partial charge in [0.25, 0.3) is 0 Å². The summed E-state index contributed by atoms with van der Waals surface area (Å²) in [6.07, 6.45) is 3.18. The smallest absolute Gasteiger partial charge is 0.243 e. The Balaban J connectivity index is 1.92. The second-order valence-electron chi connectivity index (χ2n) is 6.55. The minimum absolute atomic E-state index is 0.0589. The second kappa shape index (κ2) is 9.31. The van der Waals surface area contributed by atoms with Gasteiger partial charge in [0.1, 0.15) is 0 Å². The van der Waals surface area contributed by atoms with Crippen LogP contribution in [0.2, 0.25) is 0 Å². The molecule has 0 bridgehead atoms. The minimum atomic E-state index is -3.41. The van der Waals surface area contributed by atoms with Crippen molar-refractivity contribution in [1.29, 1.82) is 0 Å². The highest BCUT2D eigenvalue weighted by Gasteiger charge is 2.25. The fraction of sp³-hybridized carbons (Fsp3) is 0.611. The van der Waals surface area contributed by atoms with Gasteiger partial charge in [-0.05, 0) is 44.0 Å². The Labute approximate surface area is 151 Å². The van der Waals surface area contributed by atoms with Gasteiger partial charge in [0.05, 0.1) is 11.3 Å². The van der Waals surface area contributed by atoms with Crippen LogP contribution in [0.5, 0.6) is 0 Å². The average molecular weight is 368 g/mol. The van der Waals surface area contributed by atoms with E-state index in [1.807, 2.05) is 13.8 Å². The standard InChI is InChI=1S/C18H29N3O3S/c1-3-19-15(2)14-20-18(22)13-16-7-9-17(10-8-16)25(23,24)21-11-5-4-6-12-21/h7-10,15,19H,3-6,11-14H2,1-2H3,(H,20,22)/t15-/m1/s1. The van der Waals surface area contributed by atoms with Gasteiger partial charge in [-0.3, -0.25) is 4.79 Å². The van der Waals surface area contributed by atoms with E-state index in [0.29, 0.717) is 24.5 Å². The highest BCUT2D eigenvalue weighted by molar-refractivity contribution is 7.89. The van der Waals surface area contributed by atoms with Gasteiger partial charge in [0, 0.05) is 25.7 Å². The zero-order valence-corrected chi connectivity index (χ0v) is 15.9. The first-order valence-corrected chi connectivity index (χ1v) is 10.5. The number of rotatable bonds is 8. The molecule has 0 unspecified atom stereocenters. The Bertz CT molecular complexity index is 653. The molecule has 140 valence electrons. The number of carbonyl (C=O) groups excluding carboxylic acids is 1. The lowest BCUT2D eigenvalue weighted by Crippen LogP contribution is -2.39. The summed E-state index contributed by atoms with van der Waals surface area (Å²) in [5, 5.41) is 6.12. The Morgan fingerprint density at radius 1 is 1.16 bits per heavy atom. The predicted octanol–water partition coefficient (Wildman–Crippen LogP) is 1.52. The summed E-state index contributed by atoms with van der Waals surface area (Å²) in [7, 11) is -3.41. The van der Waals surface area contributed by atoms with Gasteiger partial charge >= 0.3 is 0 Å². The summed E-state index contributed by atoms with van der Waals surface area (Å²) in [6, 6.07) is 6.89. The maximum absolute atomic E-state index is 12.6. The highest BCUT2D eigenvalue weighted by Crippen LogP contribution is 2.20. The molecule has 1 aliphatic heterocycles. The molecule has 1 aromatic carbocycles. The normalized spacial score (nSPS) is 17.2. The lowest BCUT2D eigenvalue weighted by molar-refractivity contribution is -0.120. The Kier molecular flexibility index (Phi) is 7.40. The summed E-state index contributed by atoms with van der Waals surface area (Å²) in [6.45, 7) is 6.67. The lowest BCUT2D eigenvalue weighted by Gasteiger charge is -2.25. The van der Waals surface area contributed by atoms with Crippen molar-refractivity contribution in [3.8, 4) is 0 Å². The summed E-state index contributed by atoms with van der Waals surface area (Å²) in [5.74, 6) is -0.0589. The fourth-order valence-electron chi connectivity index (χ4n) is 2.97. The third-order valence-electron chi connectivity index (χ3n) is 4.40. The van der Waals surface area contributed by atoms with E-state index < -0.39 is 10.0 Å². The molecular formula is C18H29N3O3S. The number of piperidine rings is 1. The topological polar surface area (TPSA) is 78.5 Å². The van der Waals surface area contributed by atoms with Crippen molar-refractivity contribution in [3.05, 3.63) is 29.8 Å². The third kappa shape index (κ3) is 5.80. The lowest BCUT2D eigenvalue weighted by atomic mass is 10.1. The van der Waals surface area contributed by atoms with E-state index in [1.165, 1.54) is 0 Å². The summed E-state index contributed by atoms with van der Waals surface area (Å²) < 4.78 is 26.8. The summed E-state index contributed by atoms with van der Waals surface area (Å²) in [4.78, 5) is 12.3. The molecule has 1 fully saturated rings. The summed E-state index contributed by atoms with van der Waals surface area (Å²) >= 11 is 0. The molecule has 6 nitrogen and oxygen atoms in total. The van der Waals surface area contributed by atoms with Gasteiger partial charge in [-0.15, -0.1) is 0 Å². The number of nitrogens with zero attached hydrogens (tertiary/aromatic N) is 1. The van der Waals surface area contributed by atoms with Crippen molar-refractivity contribution >= 4 is 15.9 Å². The molecule has 0 aliphatic carbocycles. The zero-order valence-electron chi connectivity index (χ0n) is 15.1. The van der Waals surface area contributed by atoms with Crippen LogP contribution in [-0.2, 0) is 21.2 Å². The largest absolute Gasteiger partial charge is 0.354 e. The van der Waals surface area contributed by atoms with E-state index in [9.17, 15) is 13.2 Å². The molecule has 1 aliphatic rings. The van der Waals surface area contributed by atoms with Gasteiger partial charge in [0.2, 0.25) is 15.9 Å². The number of carbonyl (C=O) groups is 1. The molecule has 1 amide bonds. The molecule has 2 rings (SSSR count). The van der Waals surface area contributed by atoms with Crippen molar-refractivity contribution in [2.45, 2.75) is 50.5 Å². The van der Waals surface area contributed by atoms with Crippen molar-refractivity contribution in [1.82, 2.24) is 14.9 Å². The van der Waals surface area contributed by atoms with E-state index in [-0.39, 0.29) is 18.4 Å². The van der Waals surface area contributed by atoms with Crippen LogP contribution >= 0.6 is 0 Å². The van der Waals surface area contributed by atoms with E-state index in [2.05, 4.69) is 10.6 Å². The Morgan fingerprint density at radius 2 is 1.80 bits per heavy atom. The average Bonchev–Trinajstić information content (AvgIpc) is 2.61. The Morgan fingerprint density at radius 3 is 2.40 bits per heavy atom. The predicted molar refractivity (Wildman–Crippen MR) is 98.9 cm³/mol. The van der Waals surface area contributed by atoms with Crippen molar-refractivity contribution in [2.24, 2.45) is 0 Å². The maximum Gasteiger partial charge on any atom is 0.243 e. The number of benzene rings is 1. The van der Waals surface area contributed by atoms with Crippen LogP contribution in [0.25, 0.3) is 0 Å². The maximum atomic E-state index is 12.6. The number of hydrogen-bond acceptors (Lipinski definition) is 4. The first kappa shape index (κ1) is 19.9. The molecular weight excluding hydrogens is 338 g/mol. The third-order valence-corrected chi connectivity index (χ3v) is 6.31. The van der Waals surface area contributed by atoms with Crippen LogP contribution in [0, 0.1) is 0 Å². The quantitative estimate of drug-likeness (QED) is 0.730. The van der Waals surface area contributed by atoms with Gasteiger partial charge in [0.15, 0.2) is 0 Å². The molecule has 1 aromatic rings. The number of amides is 1. The number of likely N-dealkylation sites (N-methyl/N-ethyl adjacent to an activating group) is 1. The number of hydrogen-bond donors (Lipinski definition) is 2. The second-order valence-corrected chi connectivity index (χ2v) is 8.49. The van der Waals surface area contributed by atoms with Crippen LogP contribution in [0.4, 0.5) is 0 Å². The zero-order chi connectivity index (χ0) is 18.3. The van der Waals surface area contributed by atoms with E-state index >= 15 is 0 Å². The molecule has 0 radical (unpaired) electrons. The van der Waals surface area contributed by atoms with Gasteiger partial charge < -0.3 is 10.6 Å². The Hall–Kier alpha value is -1.44. The van der Waals surface area contributed by atoms with Crippen LogP contribution in [0.15, 0.2) is 29.2 Å². The SMILES string of the molecule is CCN[C@H](C)CNC(=O)Cc1ccc(S(=O)(=O)N2CCCCC2)cc1. The molecule has 25 heavy (non-hydrogen) atoms. The monoisotopic (exact) mass is 367 g/mol. The van der Waals surface area contributed by atoms with Crippen LogP contribution in [0.3, 0.4) is 0 Å². The van der Waals surface area contributed by atoms with Crippen molar-refractivity contribution in [3.63, 3.8) is 0 Å². The summed E-state index contributed by atoms with van der Waals surface area (Å²) in [5.41, 5.74) is 0.811. The highest BCUT2D eigenvalue weighted by atomic mass is 32.2. The van der Waals surface area contributed by atoms with Crippen molar-refractivity contribution < 1.29 is 13.2 Å². The number of nitrogens with one attached hydrogen (secondary N) is 2. The molecule has 0 aromatic heterocycles. The van der Waals surface area contributed by atoms with Gasteiger partial charge in [-0.1, -0.05) is 25.5 Å². The molecule has 0 spiro atoms.